The largest absolute Gasteiger partial charge is 0.161 e. The molecule has 0 atom stereocenters. The Kier molecular flexibility index (Phi) is 105. The third-order valence-corrected chi connectivity index (χ3v) is 2.34. The van der Waals surface area contributed by atoms with Crippen molar-refractivity contribution < 1.29 is 21.1 Å². The van der Waals surface area contributed by atoms with Gasteiger partial charge >= 0.3 is 0 Å². The summed E-state index contributed by atoms with van der Waals surface area (Å²) in [7, 11) is 3.50. The molecule has 0 fully saturated rings. The number of hydrogen-bond donors (Lipinski definition) is 0. The maximum atomic E-state index is 5.19. The van der Waals surface area contributed by atoms with E-state index in [-0.39, 0.29) is 28.5 Å². The summed E-state index contributed by atoms with van der Waals surface area (Å²) in [4.78, 5) is 0. The van der Waals surface area contributed by atoms with Gasteiger partial charge in [-0.1, -0.05) is 14.0 Å². The van der Waals surface area contributed by atoms with Crippen LogP contribution in [0.3, 0.4) is 0 Å². The standard InChI is InChI=1S/C4H6Si2.C3H4Si.CH2Si.CH4.Pt/c1-5-3-4-6-2;1-3-4-2;1-2;;/h1-2H,3-4H2;2-3H,1H2;1-2H;1H4;. The molecule has 0 aliphatic carbocycles. The molecular formula is C9H16PtSi4. The molecule has 0 aromatic rings. The fourth-order valence-corrected chi connectivity index (χ4v) is 1.30. The summed E-state index contributed by atoms with van der Waals surface area (Å²) in [5.41, 5.74) is 1.68. The first-order valence-corrected chi connectivity index (χ1v) is 7.49. The Morgan fingerprint density at radius 1 is 1.07 bits per heavy atom. The Balaban J connectivity index is -0.0000000302. The van der Waals surface area contributed by atoms with Crippen molar-refractivity contribution >= 4 is 36.6 Å². The molecule has 0 saturated heterocycles. The van der Waals surface area contributed by atoms with E-state index in [1.807, 2.05) is 9.68 Å². The molecule has 0 radical (unpaired) electrons. The van der Waals surface area contributed by atoms with Gasteiger partial charge in [-0.05, 0) is 45.4 Å². The predicted molar refractivity (Wildman–Crippen MR) is 70.7 cm³/mol. The van der Waals surface area contributed by atoms with Crippen molar-refractivity contribution in [3.63, 3.8) is 0 Å². The summed E-state index contributed by atoms with van der Waals surface area (Å²) in [5.74, 6) is 0. The average molecular weight is 432 g/mol. The van der Waals surface area contributed by atoms with Crippen molar-refractivity contribution in [2.24, 2.45) is 0 Å². The molecule has 0 amide bonds. The van der Waals surface area contributed by atoms with Crippen LogP contribution in [0.15, 0.2) is 12.3 Å². The minimum absolute atomic E-state index is 0. The first-order chi connectivity index (χ1) is 5.83. The van der Waals surface area contributed by atoms with Crippen LogP contribution < -0.4 is 0 Å². The van der Waals surface area contributed by atoms with Crippen molar-refractivity contribution in [1.82, 2.24) is 0 Å². The Labute approximate surface area is 113 Å². The monoisotopic (exact) mass is 431 g/mol. The van der Waals surface area contributed by atoms with Crippen LogP contribution in [0.1, 0.15) is 7.43 Å². The smallest absolute Gasteiger partial charge is 0.0106 e. The van der Waals surface area contributed by atoms with Gasteiger partial charge in [0.25, 0.3) is 0 Å². The van der Waals surface area contributed by atoms with Crippen molar-refractivity contribution in [3.05, 3.63) is 12.3 Å². The van der Waals surface area contributed by atoms with Crippen molar-refractivity contribution in [2.75, 3.05) is 0 Å². The molecule has 0 bridgehead atoms. The van der Waals surface area contributed by atoms with Crippen LogP contribution in [0.4, 0.5) is 0 Å². The van der Waals surface area contributed by atoms with Gasteiger partial charge < -0.3 is 0 Å². The topological polar surface area (TPSA) is 0 Å². The van der Waals surface area contributed by atoms with Gasteiger partial charge in [-0.25, -0.2) is 0 Å². The molecule has 0 unspecified atom stereocenters. The average Bonchev–Trinajstić information content (AvgIpc) is 2.18. The Bertz CT molecular complexity index is 212. The summed E-state index contributed by atoms with van der Waals surface area (Å²) < 4.78 is 0. The van der Waals surface area contributed by atoms with Gasteiger partial charge in [0.15, 0.2) is 0 Å². The van der Waals surface area contributed by atoms with Crippen LogP contribution in [0.5, 0.6) is 0 Å². The summed E-state index contributed by atoms with van der Waals surface area (Å²) in [6, 6.07) is 21.9. The molecule has 0 saturated carbocycles. The van der Waals surface area contributed by atoms with E-state index in [0.29, 0.717) is 26.9 Å². The quantitative estimate of drug-likeness (QED) is 0.428. The van der Waals surface area contributed by atoms with Crippen LogP contribution in [0.25, 0.3) is 0 Å². The van der Waals surface area contributed by atoms with Crippen LogP contribution in [0, 0.1) is 24.0 Å². The summed E-state index contributed by atoms with van der Waals surface area (Å²) in [6.07, 6.45) is 0. The van der Waals surface area contributed by atoms with Gasteiger partial charge in [0.1, 0.15) is 0 Å². The maximum absolute atomic E-state index is 5.19. The Morgan fingerprint density at radius 3 is 1.36 bits per heavy atom. The molecule has 0 nitrogen and oxygen atoms in total. The second kappa shape index (κ2) is 50.2. The predicted octanol–water partition coefficient (Wildman–Crippen LogP) is 0.942. The summed E-state index contributed by atoms with van der Waals surface area (Å²) in [6.45, 7) is 3.37. The molecular weight excluding hydrogens is 416 g/mol. The molecule has 14 heavy (non-hydrogen) atoms. The summed E-state index contributed by atoms with van der Waals surface area (Å²) in [5, 5.41) is 0. The Hall–Kier alpha value is 0.416. The maximum Gasteiger partial charge on any atom is 0.0106 e. The molecule has 5 heteroatoms. The minimum Gasteiger partial charge on any atom is -0.161 e. The van der Waals surface area contributed by atoms with Gasteiger partial charge in [-0.2, -0.15) is 24.0 Å². The Morgan fingerprint density at radius 2 is 1.29 bits per heavy atom. The normalized spacial score (nSPS) is 3.64. The van der Waals surface area contributed by atoms with Crippen LogP contribution in [0.2, 0.25) is 12.1 Å². The second-order valence-corrected chi connectivity index (χ2v) is 3.84. The minimum atomic E-state index is 0. The van der Waals surface area contributed by atoms with Gasteiger partial charge in [0.2, 0.25) is 0 Å². The second-order valence-electron chi connectivity index (χ2n) is 1.28. The molecule has 0 N–H and O–H groups in total. The van der Waals surface area contributed by atoms with E-state index < -0.39 is 0 Å². The zero-order chi connectivity index (χ0) is 10.2. The van der Waals surface area contributed by atoms with E-state index in [9.17, 15) is 0 Å². The number of hydrogen-bond acceptors (Lipinski definition) is 0. The zero-order valence-corrected chi connectivity index (χ0v) is 13.8. The van der Waals surface area contributed by atoms with Crippen molar-refractivity contribution in [3.8, 4) is 24.0 Å². The summed E-state index contributed by atoms with van der Waals surface area (Å²) >= 11 is 0. The van der Waals surface area contributed by atoms with E-state index in [4.69, 9.17) is 18.0 Å². The molecule has 0 aromatic heterocycles. The molecule has 0 rings (SSSR count). The zero-order valence-electron chi connectivity index (χ0n) is 7.40. The third kappa shape index (κ3) is 83.0. The SMILES string of the molecule is C.C#[SiH].C#[Si]C=C.C#[Si]CC[Si]#C.[Pt]. The van der Waals surface area contributed by atoms with E-state index in [2.05, 4.69) is 12.6 Å². The first kappa shape index (κ1) is 29.3. The van der Waals surface area contributed by atoms with E-state index in [0.717, 1.165) is 12.1 Å². The molecule has 0 aliphatic heterocycles. The van der Waals surface area contributed by atoms with Crippen LogP contribution >= 0.6 is 0 Å². The number of rotatable bonds is 1. The van der Waals surface area contributed by atoms with Gasteiger partial charge in [-0.15, -0.1) is 0 Å². The third-order valence-electron chi connectivity index (χ3n) is 0.532. The van der Waals surface area contributed by atoms with Crippen molar-refractivity contribution in [1.29, 1.82) is 0 Å². The molecule has 0 aromatic carbocycles. The van der Waals surface area contributed by atoms with Crippen LogP contribution in [-0.2, 0) is 21.1 Å². The first-order valence-electron chi connectivity index (χ1n) is 3.10. The van der Waals surface area contributed by atoms with Crippen molar-refractivity contribution in [2.45, 2.75) is 19.5 Å². The van der Waals surface area contributed by atoms with Gasteiger partial charge in [0, 0.05) is 30.0 Å². The molecule has 0 heterocycles. The van der Waals surface area contributed by atoms with E-state index in [1.165, 1.54) is 0 Å². The fraction of sp³-hybridized carbons (Fsp3) is 0.333. The molecule has 0 spiro atoms. The van der Waals surface area contributed by atoms with Gasteiger partial charge in [-0.3, -0.25) is 0 Å². The molecule has 0 aliphatic rings. The molecule has 78 valence electrons. The van der Waals surface area contributed by atoms with Gasteiger partial charge in [0.05, 0.1) is 0 Å². The fourth-order valence-electron chi connectivity index (χ4n) is 0.144. The van der Waals surface area contributed by atoms with Crippen LogP contribution in [-0.4, -0.2) is 36.6 Å². The van der Waals surface area contributed by atoms with E-state index in [1.54, 1.807) is 5.70 Å². The van der Waals surface area contributed by atoms with E-state index >= 15 is 0 Å².